The zero-order chi connectivity index (χ0) is 13.6. The molecule has 1 aromatic heterocycles. The lowest BCUT2D eigenvalue weighted by Gasteiger charge is -2.03. The summed E-state index contributed by atoms with van der Waals surface area (Å²) in [5, 5.41) is 0.651. The molecule has 0 aliphatic carbocycles. The molecule has 5 heteroatoms. The van der Waals surface area contributed by atoms with E-state index in [4.69, 9.17) is 16.0 Å². The van der Waals surface area contributed by atoms with Gasteiger partial charge in [-0.25, -0.2) is 4.98 Å². The number of halogens is 3. The number of nitrogens with zero attached hydrogens (tertiary/aromatic N) is 1. The molecule has 0 atom stereocenters. The minimum absolute atomic E-state index is 0.582. The van der Waals surface area contributed by atoms with Gasteiger partial charge in [-0.2, -0.15) is 0 Å². The number of rotatable bonds is 1. The Bertz CT molecular complexity index is 759. The summed E-state index contributed by atoms with van der Waals surface area (Å²) in [6, 6.07) is 9.40. The highest BCUT2D eigenvalue weighted by Gasteiger charge is 2.11. The van der Waals surface area contributed by atoms with Gasteiger partial charge in [-0.1, -0.05) is 43.5 Å². The van der Waals surface area contributed by atoms with Gasteiger partial charge in [-0.15, -0.1) is 0 Å². The molecule has 0 saturated carbocycles. The van der Waals surface area contributed by atoms with Gasteiger partial charge >= 0.3 is 0 Å². The molecule has 0 unspecified atom stereocenters. The maximum absolute atomic E-state index is 5.95. The van der Waals surface area contributed by atoms with Crippen LogP contribution in [0.1, 0.15) is 5.56 Å². The second-order valence-corrected chi connectivity index (χ2v) is 6.34. The zero-order valence-corrected chi connectivity index (χ0v) is 13.8. The highest BCUT2D eigenvalue weighted by molar-refractivity contribution is 9.11. The summed E-state index contributed by atoms with van der Waals surface area (Å²) < 4.78 is 7.77. The standard InChI is InChI=1S/C14H8Br2ClNO/c1-7-10(15)4-8(5-11(7)16)14-18-12-6-9(17)2-3-13(12)19-14/h2-6H,1H3. The predicted molar refractivity (Wildman–Crippen MR) is 84.6 cm³/mol. The second kappa shape index (κ2) is 4.93. The van der Waals surface area contributed by atoms with Gasteiger partial charge in [-0.05, 0) is 42.8 Å². The maximum Gasteiger partial charge on any atom is 0.227 e. The molecule has 3 aromatic rings. The first-order valence-electron chi connectivity index (χ1n) is 5.57. The average molecular weight is 401 g/mol. The molecule has 3 rings (SSSR count). The van der Waals surface area contributed by atoms with Crippen LogP contribution in [-0.2, 0) is 0 Å². The Labute approximate surface area is 132 Å². The molecule has 0 N–H and O–H groups in total. The lowest BCUT2D eigenvalue weighted by Crippen LogP contribution is -1.83. The summed E-state index contributed by atoms with van der Waals surface area (Å²) >= 11 is 13.0. The van der Waals surface area contributed by atoms with Crippen molar-refractivity contribution in [3.05, 3.63) is 49.9 Å². The second-order valence-electron chi connectivity index (χ2n) is 4.20. The minimum Gasteiger partial charge on any atom is -0.436 e. The molecule has 0 spiro atoms. The van der Waals surface area contributed by atoms with E-state index in [0.717, 1.165) is 31.2 Å². The van der Waals surface area contributed by atoms with Crippen molar-refractivity contribution in [1.29, 1.82) is 0 Å². The van der Waals surface area contributed by atoms with Crippen LogP contribution in [0.4, 0.5) is 0 Å². The first-order valence-corrected chi connectivity index (χ1v) is 7.53. The predicted octanol–water partition coefficient (Wildman–Crippen LogP) is 5.98. The van der Waals surface area contributed by atoms with E-state index in [1.165, 1.54) is 0 Å². The van der Waals surface area contributed by atoms with Crippen molar-refractivity contribution in [3.8, 4) is 11.5 Å². The van der Waals surface area contributed by atoms with Gasteiger partial charge in [0, 0.05) is 19.5 Å². The van der Waals surface area contributed by atoms with Gasteiger partial charge in [-0.3, -0.25) is 0 Å². The molecule has 19 heavy (non-hydrogen) atoms. The fourth-order valence-electron chi connectivity index (χ4n) is 1.79. The van der Waals surface area contributed by atoms with Gasteiger partial charge < -0.3 is 4.42 Å². The van der Waals surface area contributed by atoms with Crippen molar-refractivity contribution in [1.82, 2.24) is 4.98 Å². The molecule has 2 nitrogen and oxygen atoms in total. The van der Waals surface area contributed by atoms with Crippen LogP contribution in [0.15, 0.2) is 43.7 Å². The number of oxazole rings is 1. The van der Waals surface area contributed by atoms with Crippen LogP contribution in [0.3, 0.4) is 0 Å². The Morgan fingerprint density at radius 2 is 1.79 bits per heavy atom. The third kappa shape index (κ3) is 2.45. The molecule has 0 radical (unpaired) electrons. The molecule has 0 saturated heterocycles. The number of aromatic nitrogens is 1. The number of hydrogen-bond acceptors (Lipinski definition) is 2. The molecule has 0 aliphatic heterocycles. The van der Waals surface area contributed by atoms with Crippen LogP contribution >= 0.6 is 43.5 Å². The molecule has 1 heterocycles. The summed E-state index contributed by atoms with van der Waals surface area (Å²) in [5.41, 5.74) is 3.54. The van der Waals surface area contributed by atoms with E-state index in [0.29, 0.717) is 10.9 Å². The number of benzene rings is 2. The van der Waals surface area contributed by atoms with Crippen molar-refractivity contribution in [2.45, 2.75) is 6.92 Å². The van der Waals surface area contributed by atoms with E-state index < -0.39 is 0 Å². The molecule has 0 fully saturated rings. The first kappa shape index (κ1) is 13.2. The average Bonchev–Trinajstić information content (AvgIpc) is 2.78. The van der Waals surface area contributed by atoms with Crippen molar-refractivity contribution < 1.29 is 4.42 Å². The lowest BCUT2D eigenvalue weighted by atomic mass is 10.1. The van der Waals surface area contributed by atoms with Crippen LogP contribution in [0.2, 0.25) is 5.02 Å². The van der Waals surface area contributed by atoms with Gasteiger partial charge in [0.2, 0.25) is 5.89 Å². The van der Waals surface area contributed by atoms with E-state index in [9.17, 15) is 0 Å². The Balaban J connectivity index is 2.19. The largest absolute Gasteiger partial charge is 0.436 e. The normalized spacial score (nSPS) is 11.2. The fraction of sp³-hybridized carbons (Fsp3) is 0.0714. The summed E-state index contributed by atoms with van der Waals surface area (Å²) in [5.74, 6) is 0.582. The highest BCUT2D eigenvalue weighted by Crippen LogP contribution is 2.33. The van der Waals surface area contributed by atoms with Crippen molar-refractivity contribution in [2.24, 2.45) is 0 Å². The first-order chi connectivity index (χ1) is 9.04. The van der Waals surface area contributed by atoms with Gasteiger partial charge in [0.25, 0.3) is 0 Å². The smallest absolute Gasteiger partial charge is 0.227 e. The minimum atomic E-state index is 0.582. The van der Waals surface area contributed by atoms with E-state index in [2.05, 4.69) is 36.8 Å². The summed E-state index contributed by atoms with van der Waals surface area (Å²) in [4.78, 5) is 4.46. The van der Waals surface area contributed by atoms with Gasteiger partial charge in [0.15, 0.2) is 5.58 Å². The number of hydrogen-bond donors (Lipinski definition) is 0. The Kier molecular flexibility index (Phi) is 3.41. The Morgan fingerprint density at radius 1 is 1.11 bits per heavy atom. The van der Waals surface area contributed by atoms with Crippen LogP contribution in [-0.4, -0.2) is 4.98 Å². The van der Waals surface area contributed by atoms with Crippen LogP contribution in [0.25, 0.3) is 22.6 Å². The van der Waals surface area contributed by atoms with E-state index >= 15 is 0 Å². The highest BCUT2D eigenvalue weighted by atomic mass is 79.9. The zero-order valence-electron chi connectivity index (χ0n) is 9.88. The summed E-state index contributed by atoms with van der Waals surface area (Å²) in [6.07, 6.45) is 0. The molecule has 0 bridgehead atoms. The molecular formula is C14H8Br2ClNO. The van der Waals surface area contributed by atoms with Gasteiger partial charge in [0.1, 0.15) is 5.52 Å². The molecule has 2 aromatic carbocycles. The Hall–Kier alpha value is -0.840. The van der Waals surface area contributed by atoms with Crippen molar-refractivity contribution >= 4 is 54.6 Å². The quantitative estimate of drug-likeness (QED) is 0.501. The topological polar surface area (TPSA) is 26.0 Å². The number of fused-ring (bicyclic) bond motifs is 1. The SMILES string of the molecule is Cc1c(Br)cc(-c2nc3cc(Cl)ccc3o2)cc1Br. The maximum atomic E-state index is 5.95. The van der Waals surface area contributed by atoms with Crippen molar-refractivity contribution in [2.75, 3.05) is 0 Å². The Morgan fingerprint density at radius 3 is 2.47 bits per heavy atom. The molecule has 0 amide bonds. The third-order valence-corrected chi connectivity index (χ3v) is 4.76. The van der Waals surface area contributed by atoms with E-state index in [1.54, 1.807) is 12.1 Å². The summed E-state index contributed by atoms with van der Waals surface area (Å²) in [7, 11) is 0. The van der Waals surface area contributed by atoms with E-state index in [-0.39, 0.29) is 0 Å². The monoisotopic (exact) mass is 399 g/mol. The van der Waals surface area contributed by atoms with Crippen LogP contribution in [0, 0.1) is 6.92 Å². The lowest BCUT2D eigenvalue weighted by molar-refractivity contribution is 0.619. The van der Waals surface area contributed by atoms with Crippen LogP contribution in [0.5, 0.6) is 0 Å². The fourth-order valence-corrected chi connectivity index (χ4v) is 3.15. The van der Waals surface area contributed by atoms with Crippen molar-refractivity contribution in [3.63, 3.8) is 0 Å². The van der Waals surface area contributed by atoms with Crippen LogP contribution < -0.4 is 0 Å². The third-order valence-electron chi connectivity index (χ3n) is 2.88. The van der Waals surface area contributed by atoms with Gasteiger partial charge in [0.05, 0.1) is 0 Å². The molecule has 96 valence electrons. The molecular weight excluding hydrogens is 393 g/mol. The summed E-state index contributed by atoms with van der Waals surface area (Å²) in [6.45, 7) is 2.03. The molecule has 0 aliphatic rings. The van der Waals surface area contributed by atoms with E-state index in [1.807, 2.05) is 25.1 Å².